The van der Waals surface area contributed by atoms with E-state index in [1.807, 2.05) is 49.7 Å². The van der Waals surface area contributed by atoms with Crippen molar-refractivity contribution in [3.8, 4) is 22.1 Å². The van der Waals surface area contributed by atoms with Crippen LogP contribution in [0.1, 0.15) is 30.4 Å². The van der Waals surface area contributed by atoms with Crippen molar-refractivity contribution in [2.24, 2.45) is 4.99 Å². The van der Waals surface area contributed by atoms with Crippen molar-refractivity contribution in [3.63, 3.8) is 0 Å². The zero-order valence-electron chi connectivity index (χ0n) is 16.7. The van der Waals surface area contributed by atoms with Crippen molar-refractivity contribution in [3.05, 3.63) is 58.6 Å². The number of ether oxygens (including phenoxy) is 1. The van der Waals surface area contributed by atoms with Gasteiger partial charge in [-0.3, -0.25) is 0 Å². The van der Waals surface area contributed by atoms with Crippen molar-refractivity contribution in [1.82, 2.24) is 9.27 Å². The number of aryl methyl sites for hydroxylation is 2. The average molecular weight is 426 g/mol. The van der Waals surface area contributed by atoms with Crippen LogP contribution in [0.4, 0.5) is 5.69 Å². The molecule has 2 heterocycles. The molecule has 0 amide bonds. The molecule has 1 saturated heterocycles. The lowest BCUT2D eigenvalue weighted by molar-refractivity contribution is 0.351. The molecule has 150 valence electrons. The van der Waals surface area contributed by atoms with E-state index in [-0.39, 0.29) is 0 Å². The Balaban J connectivity index is 1.53. The quantitative estimate of drug-likeness (QED) is 0.325. The second kappa shape index (κ2) is 8.97. The molecule has 0 spiro atoms. The number of benzene rings is 2. The van der Waals surface area contributed by atoms with Gasteiger partial charge in [-0.1, -0.05) is 41.9 Å². The van der Waals surface area contributed by atoms with Crippen molar-refractivity contribution in [1.29, 1.82) is 0 Å². The summed E-state index contributed by atoms with van der Waals surface area (Å²) in [6.07, 6.45) is 5.79. The molecule has 4 nitrogen and oxygen atoms in total. The van der Waals surface area contributed by atoms with Crippen LogP contribution in [-0.4, -0.2) is 28.7 Å². The number of nitrogens with zero attached hydrogens (tertiary/aromatic N) is 3. The zero-order valence-corrected chi connectivity index (χ0v) is 18.3. The number of hydrogen-bond acceptors (Lipinski definition) is 4. The van der Waals surface area contributed by atoms with E-state index in [9.17, 15) is 0 Å². The number of hydrogen-bond donors (Lipinski definition) is 0. The van der Waals surface area contributed by atoms with Crippen molar-refractivity contribution in [2.75, 3.05) is 13.1 Å². The van der Waals surface area contributed by atoms with Crippen LogP contribution in [0.15, 0.2) is 47.5 Å². The van der Waals surface area contributed by atoms with Gasteiger partial charge in [-0.2, -0.15) is 4.37 Å². The first-order valence-electron chi connectivity index (χ1n) is 9.90. The maximum atomic E-state index is 6.56. The molecule has 0 aliphatic carbocycles. The normalized spacial score (nSPS) is 14.5. The molecular formula is C23H24ClN3OS. The molecule has 0 saturated carbocycles. The van der Waals surface area contributed by atoms with Gasteiger partial charge in [-0.25, -0.2) is 4.99 Å². The zero-order chi connectivity index (χ0) is 20.2. The van der Waals surface area contributed by atoms with Gasteiger partial charge >= 0.3 is 0 Å². The minimum atomic E-state index is 0.547. The van der Waals surface area contributed by atoms with Gasteiger partial charge in [0.05, 0.1) is 12.0 Å². The molecule has 0 atom stereocenters. The molecule has 3 aromatic rings. The summed E-state index contributed by atoms with van der Waals surface area (Å²) >= 11 is 7.83. The highest BCUT2D eigenvalue weighted by atomic mass is 35.5. The molecule has 29 heavy (non-hydrogen) atoms. The lowest BCUT2D eigenvalue weighted by Gasteiger charge is -2.23. The molecule has 0 bridgehead atoms. The molecule has 1 fully saturated rings. The Morgan fingerprint density at radius 2 is 1.83 bits per heavy atom. The number of aromatic nitrogens is 1. The number of aliphatic imine (C=N–C) groups is 1. The molecule has 0 unspecified atom stereocenters. The van der Waals surface area contributed by atoms with Gasteiger partial charge < -0.3 is 9.64 Å². The summed E-state index contributed by atoms with van der Waals surface area (Å²) in [6, 6.07) is 14.0. The third-order valence-corrected chi connectivity index (χ3v) is 6.29. The van der Waals surface area contributed by atoms with Crippen LogP contribution in [0.2, 0.25) is 5.02 Å². The van der Waals surface area contributed by atoms with E-state index >= 15 is 0 Å². The summed E-state index contributed by atoms with van der Waals surface area (Å²) in [5.41, 5.74) is 4.80. The maximum absolute atomic E-state index is 6.56. The molecule has 2 aromatic carbocycles. The van der Waals surface area contributed by atoms with Crippen molar-refractivity contribution in [2.45, 2.75) is 33.1 Å². The van der Waals surface area contributed by atoms with Gasteiger partial charge in [0.25, 0.3) is 0 Å². The molecule has 1 aliphatic heterocycles. The van der Waals surface area contributed by atoms with Gasteiger partial charge in [0.2, 0.25) is 5.06 Å². The molecule has 1 aromatic heterocycles. The molecule has 4 rings (SSSR count). The predicted octanol–water partition coefficient (Wildman–Crippen LogP) is 7.02. The van der Waals surface area contributed by atoms with E-state index in [0.717, 1.165) is 46.9 Å². The molecule has 0 N–H and O–H groups in total. The highest BCUT2D eigenvalue weighted by molar-refractivity contribution is 7.08. The van der Waals surface area contributed by atoms with Crippen LogP contribution in [-0.2, 0) is 0 Å². The first-order valence-corrected chi connectivity index (χ1v) is 11.0. The number of rotatable bonds is 5. The standard InChI is InChI=1S/C23H24ClN3OS/c1-16-14-20(17(2)13-19(16)25-15-27-11-7-4-8-12-27)28-23-21(24)22(26-29-23)18-9-5-3-6-10-18/h3,5-6,9-10,13-15H,4,7-8,11-12H2,1-2H3/b25-15+. The number of piperidine rings is 1. The third-order valence-electron chi connectivity index (χ3n) is 5.10. The van der Waals surface area contributed by atoms with E-state index in [4.69, 9.17) is 21.3 Å². The van der Waals surface area contributed by atoms with E-state index in [0.29, 0.717) is 10.1 Å². The maximum Gasteiger partial charge on any atom is 0.219 e. The fraction of sp³-hybridized carbons (Fsp3) is 0.304. The summed E-state index contributed by atoms with van der Waals surface area (Å²) in [6.45, 7) is 6.27. The monoisotopic (exact) mass is 425 g/mol. The summed E-state index contributed by atoms with van der Waals surface area (Å²) in [4.78, 5) is 7.01. The Morgan fingerprint density at radius 1 is 1.07 bits per heavy atom. The fourth-order valence-corrected chi connectivity index (χ4v) is 4.42. The largest absolute Gasteiger partial charge is 0.443 e. The highest BCUT2D eigenvalue weighted by Crippen LogP contribution is 2.42. The van der Waals surface area contributed by atoms with Crippen molar-refractivity contribution < 1.29 is 4.74 Å². The average Bonchev–Trinajstić information content (AvgIpc) is 3.11. The van der Waals surface area contributed by atoms with Crippen LogP contribution in [0.5, 0.6) is 10.8 Å². The van der Waals surface area contributed by atoms with Crippen molar-refractivity contribution >= 4 is 35.2 Å². The van der Waals surface area contributed by atoms with E-state index in [2.05, 4.69) is 22.3 Å². The van der Waals surface area contributed by atoms with Gasteiger partial charge in [0, 0.05) is 30.2 Å². The summed E-state index contributed by atoms with van der Waals surface area (Å²) in [5, 5.41) is 1.16. The van der Waals surface area contributed by atoms with E-state index in [1.165, 1.54) is 30.8 Å². The predicted molar refractivity (Wildman–Crippen MR) is 122 cm³/mol. The molecule has 1 aliphatic rings. The van der Waals surface area contributed by atoms with Crippen LogP contribution in [0, 0.1) is 13.8 Å². The number of halogens is 1. The lowest BCUT2D eigenvalue weighted by atomic mass is 10.1. The second-order valence-electron chi connectivity index (χ2n) is 7.35. The number of likely N-dealkylation sites (tertiary alicyclic amines) is 1. The summed E-state index contributed by atoms with van der Waals surface area (Å²) in [5.74, 6) is 0.782. The van der Waals surface area contributed by atoms with E-state index < -0.39 is 0 Å². The van der Waals surface area contributed by atoms with Gasteiger partial charge in [-0.05, 0) is 56.4 Å². The Morgan fingerprint density at radius 3 is 2.59 bits per heavy atom. The molecule has 0 radical (unpaired) electrons. The minimum Gasteiger partial charge on any atom is -0.443 e. The van der Waals surface area contributed by atoms with Gasteiger partial charge in [-0.15, -0.1) is 0 Å². The Hall–Kier alpha value is -2.37. The Bertz CT molecular complexity index is 1010. The van der Waals surface area contributed by atoms with Crippen LogP contribution in [0.25, 0.3) is 11.3 Å². The highest BCUT2D eigenvalue weighted by Gasteiger charge is 2.17. The van der Waals surface area contributed by atoms with E-state index in [1.54, 1.807) is 0 Å². The summed E-state index contributed by atoms with van der Waals surface area (Å²) in [7, 11) is 0. The third kappa shape index (κ3) is 4.62. The van der Waals surface area contributed by atoms with Gasteiger partial charge in [0.15, 0.2) is 0 Å². The SMILES string of the molecule is Cc1cc(Oc2snc(-c3ccccc3)c2Cl)c(C)cc1/N=C/N1CCCCC1. The Kier molecular flexibility index (Phi) is 6.16. The first-order chi connectivity index (χ1) is 14.1. The van der Waals surface area contributed by atoms with Crippen LogP contribution in [0.3, 0.4) is 0 Å². The topological polar surface area (TPSA) is 37.7 Å². The molecule has 6 heteroatoms. The van der Waals surface area contributed by atoms with Gasteiger partial charge in [0.1, 0.15) is 16.5 Å². The fourth-order valence-electron chi connectivity index (χ4n) is 3.40. The second-order valence-corrected chi connectivity index (χ2v) is 8.46. The first kappa shape index (κ1) is 19.9. The van der Waals surface area contributed by atoms with Crippen LogP contribution >= 0.6 is 23.1 Å². The Labute approximate surface area is 181 Å². The smallest absolute Gasteiger partial charge is 0.219 e. The lowest BCUT2D eigenvalue weighted by Crippen LogP contribution is -2.28. The molecular weight excluding hydrogens is 402 g/mol. The minimum absolute atomic E-state index is 0.547. The van der Waals surface area contributed by atoms with Crippen LogP contribution < -0.4 is 4.74 Å². The summed E-state index contributed by atoms with van der Waals surface area (Å²) < 4.78 is 10.6.